The Morgan fingerprint density at radius 2 is 2.25 bits per heavy atom. The Labute approximate surface area is 138 Å². The fourth-order valence-corrected chi connectivity index (χ4v) is 3.63. The van der Waals surface area contributed by atoms with Crippen LogP contribution in [0, 0.1) is 6.92 Å². The number of aryl methyl sites for hydroxylation is 1. The van der Waals surface area contributed by atoms with Crippen molar-refractivity contribution in [3.05, 3.63) is 53.7 Å². The van der Waals surface area contributed by atoms with E-state index >= 15 is 0 Å². The number of fused-ring (bicyclic) bond motifs is 1. The van der Waals surface area contributed by atoms with Gasteiger partial charge in [-0.05, 0) is 18.1 Å². The van der Waals surface area contributed by atoms with Crippen LogP contribution in [0.4, 0.5) is 8.78 Å². The lowest BCUT2D eigenvalue weighted by molar-refractivity contribution is -0.0773. The predicted molar refractivity (Wildman–Crippen MR) is 87.1 cm³/mol. The van der Waals surface area contributed by atoms with Gasteiger partial charge in [-0.3, -0.25) is 10.00 Å². The molecule has 0 amide bonds. The Morgan fingerprint density at radius 1 is 1.38 bits per heavy atom. The number of benzene rings is 1. The number of aromatic nitrogens is 2. The van der Waals surface area contributed by atoms with Gasteiger partial charge in [0.05, 0.1) is 24.6 Å². The van der Waals surface area contributed by atoms with Crippen molar-refractivity contribution in [2.45, 2.75) is 31.7 Å². The highest BCUT2D eigenvalue weighted by atomic mass is 19.3. The van der Waals surface area contributed by atoms with E-state index in [9.17, 15) is 8.78 Å². The van der Waals surface area contributed by atoms with E-state index < -0.39 is 11.8 Å². The minimum Gasteiger partial charge on any atom is -0.471 e. The van der Waals surface area contributed by atoms with Crippen molar-refractivity contribution in [2.75, 3.05) is 13.1 Å². The number of furan rings is 1. The number of halogens is 2. The Balaban J connectivity index is 1.65. The van der Waals surface area contributed by atoms with Crippen molar-refractivity contribution in [1.29, 1.82) is 0 Å². The Morgan fingerprint density at radius 3 is 3.04 bits per heavy atom. The van der Waals surface area contributed by atoms with Crippen LogP contribution in [0.2, 0.25) is 0 Å². The average molecular weight is 331 g/mol. The van der Waals surface area contributed by atoms with Gasteiger partial charge in [0, 0.05) is 48.6 Å². The lowest BCUT2D eigenvalue weighted by atomic mass is 9.83. The topological polar surface area (TPSA) is 45.1 Å². The molecule has 0 saturated carbocycles. The maximum absolute atomic E-state index is 14.6. The number of aromatic amines is 1. The second kappa shape index (κ2) is 5.70. The molecule has 3 aromatic rings. The molecule has 1 aliphatic heterocycles. The number of piperidine rings is 1. The number of hydrogen-bond donors (Lipinski definition) is 1. The molecule has 24 heavy (non-hydrogen) atoms. The van der Waals surface area contributed by atoms with Gasteiger partial charge in [0.25, 0.3) is 5.92 Å². The maximum Gasteiger partial charge on any atom is 0.257 e. The molecule has 1 aliphatic rings. The van der Waals surface area contributed by atoms with Crippen molar-refractivity contribution in [3.8, 4) is 0 Å². The van der Waals surface area contributed by atoms with E-state index in [1.54, 1.807) is 18.7 Å². The van der Waals surface area contributed by atoms with Crippen molar-refractivity contribution in [3.63, 3.8) is 0 Å². The van der Waals surface area contributed by atoms with Crippen LogP contribution in [-0.4, -0.2) is 34.1 Å². The van der Waals surface area contributed by atoms with Crippen LogP contribution < -0.4 is 0 Å². The third kappa shape index (κ3) is 2.60. The van der Waals surface area contributed by atoms with Gasteiger partial charge in [-0.2, -0.15) is 5.10 Å². The summed E-state index contributed by atoms with van der Waals surface area (Å²) in [4.78, 5) is 2.08. The number of alkyl halides is 2. The van der Waals surface area contributed by atoms with Crippen LogP contribution in [0.25, 0.3) is 10.8 Å². The van der Waals surface area contributed by atoms with Crippen molar-refractivity contribution in [2.24, 2.45) is 0 Å². The largest absolute Gasteiger partial charge is 0.471 e. The highest BCUT2D eigenvalue weighted by Crippen LogP contribution is 2.43. The summed E-state index contributed by atoms with van der Waals surface area (Å²) in [5, 5.41) is 8.56. The molecule has 0 spiro atoms. The number of hydrogen-bond acceptors (Lipinski definition) is 3. The first-order valence-corrected chi connectivity index (χ1v) is 8.08. The fourth-order valence-electron chi connectivity index (χ4n) is 3.63. The molecule has 1 N–H and O–H groups in total. The SMILES string of the molecule is Cc1c(C2CN(Cc3cn[nH]c3)CCC2(F)F)ccc2cocc12. The quantitative estimate of drug-likeness (QED) is 0.786. The summed E-state index contributed by atoms with van der Waals surface area (Å²) < 4.78 is 34.5. The molecule has 1 aromatic carbocycles. The fraction of sp³-hybridized carbons (Fsp3) is 0.389. The third-order valence-electron chi connectivity index (χ3n) is 5.02. The minimum absolute atomic E-state index is 0.127. The lowest BCUT2D eigenvalue weighted by Crippen LogP contribution is -2.45. The smallest absolute Gasteiger partial charge is 0.257 e. The Kier molecular flexibility index (Phi) is 3.64. The second-order valence-electron chi connectivity index (χ2n) is 6.56. The van der Waals surface area contributed by atoms with E-state index in [0.29, 0.717) is 25.2 Å². The third-order valence-corrected chi connectivity index (χ3v) is 5.02. The van der Waals surface area contributed by atoms with E-state index in [-0.39, 0.29) is 6.42 Å². The van der Waals surface area contributed by atoms with Gasteiger partial charge in [0.2, 0.25) is 0 Å². The van der Waals surface area contributed by atoms with E-state index in [1.165, 1.54) is 0 Å². The molecule has 1 fully saturated rings. The predicted octanol–water partition coefficient (Wildman–Crippen LogP) is 4.09. The molecule has 3 heterocycles. The average Bonchev–Trinajstić information content (AvgIpc) is 3.21. The standard InChI is InChI=1S/C18H19F2N3O/c1-12-15(3-2-14-10-24-11-16(12)14)17-9-23(5-4-18(17,19)20)8-13-6-21-22-7-13/h2-3,6-7,10-11,17H,4-5,8-9H2,1H3,(H,21,22). The van der Waals surface area contributed by atoms with E-state index in [4.69, 9.17) is 4.42 Å². The zero-order chi connectivity index (χ0) is 16.7. The van der Waals surface area contributed by atoms with Gasteiger partial charge < -0.3 is 4.42 Å². The summed E-state index contributed by atoms with van der Waals surface area (Å²) in [5.41, 5.74) is 2.61. The van der Waals surface area contributed by atoms with Gasteiger partial charge in [-0.25, -0.2) is 8.78 Å². The normalized spacial score (nSPS) is 21.4. The zero-order valence-corrected chi connectivity index (χ0v) is 13.4. The first kappa shape index (κ1) is 15.3. The number of rotatable bonds is 3. The molecule has 6 heteroatoms. The summed E-state index contributed by atoms with van der Waals surface area (Å²) >= 11 is 0. The Bertz CT molecular complexity index is 841. The zero-order valence-electron chi connectivity index (χ0n) is 13.4. The highest BCUT2D eigenvalue weighted by Gasteiger charge is 2.45. The molecule has 4 nitrogen and oxygen atoms in total. The molecule has 0 radical (unpaired) electrons. The first-order valence-electron chi connectivity index (χ1n) is 8.08. The van der Waals surface area contributed by atoms with E-state index in [1.807, 2.05) is 25.3 Å². The lowest BCUT2D eigenvalue weighted by Gasteiger charge is -2.39. The monoisotopic (exact) mass is 331 g/mol. The van der Waals surface area contributed by atoms with E-state index in [0.717, 1.165) is 21.9 Å². The summed E-state index contributed by atoms with van der Waals surface area (Å²) in [6, 6.07) is 3.69. The van der Waals surface area contributed by atoms with Crippen LogP contribution in [0.3, 0.4) is 0 Å². The highest BCUT2D eigenvalue weighted by molar-refractivity contribution is 5.85. The maximum atomic E-state index is 14.6. The number of nitrogens with one attached hydrogen (secondary N) is 1. The van der Waals surface area contributed by atoms with Crippen molar-refractivity contribution in [1.82, 2.24) is 15.1 Å². The van der Waals surface area contributed by atoms with Crippen LogP contribution in [0.1, 0.15) is 29.0 Å². The van der Waals surface area contributed by atoms with Gasteiger partial charge in [-0.15, -0.1) is 0 Å². The van der Waals surface area contributed by atoms with E-state index in [2.05, 4.69) is 15.1 Å². The number of nitrogens with zero attached hydrogens (tertiary/aromatic N) is 2. The van der Waals surface area contributed by atoms with Gasteiger partial charge in [0.1, 0.15) is 0 Å². The molecular formula is C18H19F2N3O. The van der Waals surface area contributed by atoms with Gasteiger partial charge >= 0.3 is 0 Å². The summed E-state index contributed by atoms with van der Waals surface area (Å²) in [6.07, 6.45) is 6.71. The molecule has 4 rings (SSSR count). The van der Waals surface area contributed by atoms with Gasteiger partial charge in [-0.1, -0.05) is 12.1 Å². The number of H-pyrrole nitrogens is 1. The minimum atomic E-state index is -2.70. The van der Waals surface area contributed by atoms with Crippen LogP contribution >= 0.6 is 0 Å². The summed E-state index contributed by atoms with van der Waals surface area (Å²) in [7, 11) is 0. The molecule has 1 atom stereocenters. The van der Waals surface area contributed by atoms with Crippen LogP contribution in [-0.2, 0) is 6.54 Å². The van der Waals surface area contributed by atoms with Crippen molar-refractivity contribution < 1.29 is 13.2 Å². The van der Waals surface area contributed by atoms with Gasteiger partial charge in [0.15, 0.2) is 0 Å². The molecule has 0 bridgehead atoms. The summed E-state index contributed by atoms with van der Waals surface area (Å²) in [6.45, 7) is 3.26. The Hall–Kier alpha value is -2.21. The second-order valence-corrected chi connectivity index (χ2v) is 6.56. The molecule has 126 valence electrons. The first-order chi connectivity index (χ1) is 11.5. The molecule has 1 unspecified atom stereocenters. The molecular weight excluding hydrogens is 312 g/mol. The number of likely N-dealkylation sites (tertiary alicyclic amines) is 1. The van der Waals surface area contributed by atoms with Crippen LogP contribution in [0.15, 0.2) is 41.5 Å². The molecule has 2 aromatic heterocycles. The summed E-state index contributed by atoms with van der Waals surface area (Å²) in [5.74, 6) is -3.51. The van der Waals surface area contributed by atoms with Crippen molar-refractivity contribution >= 4 is 10.8 Å². The van der Waals surface area contributed by atoms with Crippen LogP contribution in [0.5, 0.6) is 0 Å². The molecule has 1 saturated heterocycles. The molecule has 0 aliphatic carbocycles.